The standard InChI is InChI=1S/C8H12F3N2/c1-2-12-5-6-13(7-12)4-3-8(9,10)11/h5-7H,2-4H2,1H3/q+1. The largest absolute Gasteiger partial charge is 0.392 e. The predicted octanol–water partition coefficient (Wildman–Crippen LogP) is 1.75. The summed E-state index contributed by atoms with van der Waals surface area (Å²) in [5.74, 6) is 0. The lowest BCUT2D eigenvalue weighted by molar-refractivity contribution is -0.699. The minimum Gasteiger partial charge on any atom is -0.237 e. The third kappa shape index (κ3) is 3.48. The summed E-state index contributed by atoms with van der Waals surface area (Å²) in [6.07, 6.45) is 0.240. The van der Waals surface area contributed by atoms with Gasteiger partial charge in [0.2, 0.25) is 6.33 Å². The van der Waals surface area contributed by atoms with Gasteiger partial charge in [-0.05, 0) is 6.92 Å². The van der Waals surface area contributed by atoms with Gasteiger partial charge in [-0.3, -0.25) is 0 Å². The van der Waals surface area contributed by atoms with Crippen molar-refractivity contribution >= 4 is 0 Å². The molecule has 5 heteroatoms. The van der Waals surface area contributed by atoms with Crippen LogP contribution in [0.5, 0.6) is 0 Å². The second-order valence-corrected chi connectivity index (χ2v) is 2.85. The normalized spacial score (nSPS) is 12.0. The van der Waals surface area contributed by atoms with E-state index in [-0.39, 0.29) is 6.54 Å². The lowest BCUT2D eigenvalue weighted by Crippen LogP contribution is -2.33. The first kappa shape index (κ1) is 10.1. The molecule has 0 aliphatic carbocycles. The number of halogens is 3. The van der Waals surface area contributed by atoms with Gasteiger partial charge in [-0.1, -0.05) is 0 Å². The number of nitrogens with zero attached hydrogens (tertiary/aromatic N) is 2. The summed E-state index contributed by atoms with van der Waals surface area (Å²) in [5.41, 5.74) is 0. The van der Waals surface area contributed by atoms with E-state index < -0.39 is 12.6 Å². The molecule has 0 aliphatic heterocycles. The molecule has 0 aromatic carbocycles. The summed E-state index contributed by atoms with van der Waals surface area (Å²) in [6.45, 7) is 2.71. The zero-order valence-electron chi connectivity index (χ0n) is 7.38. The third-order valence-corrected chi connectivity index (χ3v) is 1.76. The van der Waals surface area contributed by atoms with Crippen LogP contribution in [0.3, 0.4) is 0 Å². The molecular weight excluding hydrogens is 181 g/mol. The Bertz CT molecular complexity index is 265. The first-order valence-electron chi connectivity index (χ1n) is 4.13. The number of hydrogen-bond acceptors (Lipinski definition) is 0. The van der Waals surface area contributed by atoms with Crippen LogP contribution in [0.2, 0.25) is 0 Å². The highest BCUT2D eigenvalue weighted by molar-refractivity contribution is 4.64. The van der Waals surface area contributed by atoms with E-state index in [0.717, 1.165) is 6.54 Å². The predicted molar refractivity (Wildman–Crippen MR) is 41.0 cm³/mol. The van der Waals surface area contributed by atoms with Crippen molar-refractivity contribution in [2.75, 3.05) is 0 Å². The SMILES string of the molecule is CCn1cc[n+](CCC(F)(F)F)c1. The Morgan fingerprint density at radius 3 is 2.54 bits per heavy atom. The maximum Gasteiger partial charge on any atom is 0.392 e. The molecule has 0 radical (unpaired) electrons. The van der Waals surface area contributed by atoms with Crippen molar-refractivity contribution < 1.29 is 17.7 Å². The molecule has 2 nitrogen and oxygen atoms in total. The van der Waals surface area contributed by atoms with Gasteiger partial charge in [0.1, 0.15) is 12.4 Å². The summed E-state index contributed by atoms with van der Waals surface area (Å²) in [6, 6.07) is 0. The number of hydrogen-bond donors (Lipinski definition) is 0. The first-order chi connectivity index (χ1) is 6.01. The molecule has 13 heavy (non-hydrogen) atoms. The molecular formula is C8H12F3N2+. The third-order valence-electron chi connectivity index (χ3n) is 1.76. The Morgan fingerprint density at radius 2 is 2.08 bits per heavy atom. The highest BCUT2D eigenvalue weighted by atomic mass is 19.4. The van der Waals surface area contributed by atoms with Gasteiger partial charge in [-0.15, -0.1) is 0 Å². The fourth-order valence-corrected chi connectivity index (χ4v) is 1.01. The van der Waals surface area contributed by atoms with Crippen LogP contribution in [0, 0.1) is 0 Å². The second-order valence-electron chi connectivity index (χ2n) is 2.85. The van der Waals surface area contributed by atoms with Crippen molar-refractivity contribution in [2.45, 2.75) is 32.6 Å². The van der Waals surface area contributed by atoms with E-state index in [1.54, 1.807) is 18.7 Å². The zero-order chi connectivity index (χ0) is 9.90. The highest BCUT2D eigenvalue weighted by Gasteiger charge is 2.27. The summed E-state index contributed by atoms with van der Waals surface area (Å²) >= 11 is 0. The Hall–Kier alpha value is -1.00. The van der Waals surface area contributed by atoms with Crippen LogP contribution in [0.15, 0.2) is 18.7 Å². The van der Waals surface area contributed by atoms with Crippen molar-refractivity contribution in [3.05, 3.63) is 18.7 Å². The maximum absolute atomic E-state index is 11.8. The molecule has 0 bridgehead atoms. The summed E-state index contributed by atoms with van der Waals surface area (Å²) in [5, 5.41) is 0. The van der Waals surface area contributed by atoms with Gasteiger partial charge in [0.25, 0.3) is 0 Å². The van der Waals surface area contributed by atoms with Gasteiger partial charge in [-0.25, -0.2) is 9.13 Å². The fourth-order valence-electron chi connectivity index (χ4n) is 1.01. The Balaban J connectivity index is 2.46. The smallest absolute Gasteiger partial charge is 0.237 e. The van der Waals surface area contributed by atoms with Gasteiger partial charge in [0, 0.05) is 0 Å². The molecule has 0 aliphatic rings. The van der Waals surface area contributed by atoms with Crippen molar-refractivity contribution in [1.29, 1.82) is 0 Å². The topological polar surface area (TPSA) is 8.81 Å². The van der Waals surface area contributed by atoms with Crippen molar-refractivity contribution in [2.24, 2.45) is 0 Å². The Kier molecular flexibility index (Phi) is 2.95. The van der Waals surface area contributed by atoms with E-state index in [1.165, 1.54) is 4.57 Å². The van der Waals surface area contributed by atoms with Crippen LogP contribution >= 0.6 is 0 Å². The van der Waals surface area contributed by atoms with Crippen LogP contribution in [-0.4, -0.2) is 10.7 Å². The maximum atomic E-state index is 11.8. The van der Waals surface area contributed by atoms with E-state index in [1.807, 2.05) is 11.5 Å². The number of imidazole rings is 1. The Morgan fingerprint density at radius 1 is 1.38 bits per heavy atom. The van der Waals surface area contributed by atoms with Gasteiger partial charge in [0.15, 0.2) is 0 Å². The molecule has 1 rings (SSSR count). The lowest BCUT2D eigenvalue weighted by atomic mass is 10.4. The molecule has 0 atom stereocenters. The molecule has 0 unspecified atom stereocenters. The molecule has 0 N–H and O–H groups in total. The average Bonchev–Trinajstić information content (AvgIpc) is 2.47. The zero-order valence-corrected chi connectivity index (χ0v) is 7.38. The molecule has 1 aromatic rings. The van der Waals surface area contributed by atoms with E-state index in [9.17, 15) is 13.2 Å². The molecule has 0 saturated heterocycles. The van der Waals surface area contributed by atoms with E-state index in [0.29, 0.717) is 0 Å². The quantitative estimate of drug-likeness (QED) is 0.647. The highest BCUT2D eigenvalue weighted by Crippen LogP contribution is 2.18. The first-order valence-corrected chi connectivity index (χ1v) is 4.13. The number of aromatic nitrogens is 2. The molecule has 1 aromatic heterocycles. The van der Waals surface area contributed by atoms with Crippen molar-refractivity contribution in [3.63, 3.8) is 0 Å². The molecule has 0 spiro atoms. The van der Waals surface area contributed by atoms with Crippen LogP contribution < -0.4 is 4.57 Å². The summed E-state index contributed by atoms with van der Waals surface area (Å²) < 4.78 is 38.8. The minimum atomic E-state index is -4.07. The number of alkyl halides is 3. The average molecular weight is 193 g/mol. The number of rotatable bonds is 3. The van der Waals surface area contributed by atoms with E-state index in [2.05, 4.69) is 0 Å². The second kappa shape index (κ2) is 3.81. The van der Waals surface area contributed by atoms with E-state index >= 15 is 0 Å². The van der Waals surface area contributed by atoms with Crippen LogP contribution in [0.1, 0.15) is 13.3 Å². The number of aryl methyl sites for hydroxylation is 2. The Labute approximate surface area is 74.6 Å². The van der Waals surface area contributed by atoms with Gasteiger partial charge >= 0.3 is 6.18 Å². The van der Waals surface area contributed by atoms with Crippen molar-refractivity contribution in [3.8, 4) is 0 Å². The van der Waals surface area contributed by atoms with Crippen LogP contribution in [0.25, 0.3) is 0 Å². The minimum absolute atomic E-state index is 0.00347. The van der Waals surface area contributed by atoms with Gasteiger partial charge in [0.05, 0.1) is 19.5 Å². The fraction of sp³-hybridized carbons (Fsp3) is 0.625. The molecule has 74 valence electrons. The summed E-state index contributed by atoms with van der Waals surface area (Å²) in [4.78, 5) is 0. The molecule has 0 fully saturated rings. The van der Waals surface area contributed by atoms with Crippen LogP contribution in [-0.2, 0) is 13.1 Å². The monoisotopic (exact) mass is 193 g/mol. The van der Waals surface area contributed by atoms with Crippen molar-refractivity contribution in [1.82, 2.24) is 4.57 Å². The van der Waals surface area contributed by atoms with Gasteiger partial charge in [-0.2, -0.15) is 13.2 Å². The van der Waals surface area contributed by atoms with Crippen LogP contribution in [0.4, 0.5) is 13.2 Å². The lowest BCUT2D eigenvalue weighted by Gasteiger charge is -2.02. The molecule has 0 saturated carbocycles. The molecule has 0 amide bonds. The summed E-state index contributed by atoms with van der Waals surface area (Å²) in [7, 11) is 0. The van der Waals surface area contributed by atoms with Gasteiger partial charge < -0.3 is 0 Å². The van der Waals surface area contributed by atoms with E-state index in [4.69, 9.17) is 0 Å². The molecule has 1 heterocycles.